The van der Waals surface area contributed by atoms with E-state index in [1.54, 1.807) is 61.9 Å². The van der Waals surface area contributed by atoms with Gasteiger partial charge in [0.05, 0.1) is 79.2 Å². The maximum atomic E-state index is 12.6. The normalized spacial score (nSPS) is 11.2. The number of benzene rings is 6. The molecule has 0 saturated heterocycles. The number of unbranched alkanes of at least 4 members (excludes halogenated alkanes) is 4. The van der Waals surface area contributed by atoms with E-state index in [0.29, 0.717) is 48.9 Å². The summed E-state index contributed by atoms with van der Waals surface area (Å²) in [5.74, 6) is 2.78. The highest BCUT2D eigenvalue weighted by molar-refractivity contribution is 5.90. The predicted molar refractivity (Wildman–Crippen MR) is 240 cm³/mol. The van der Waals surface area contributed by atoms with Crippen LogP contribution in [0.3, 0.4) is 0 Å². The number of rotatable bonds is 23. The lowest BCUT2D eigenvalue weighted by molar-refractivity contribution is 0.0497. The minimum atomic E-state index is -0.344. The van der Waals surface area contributed by atoms with Gasteiger partial charge in [-0.05, 0) is 190 Å². The molecule has 0 fully saturated rings. The highest BCUT2D eigenvalue weighted by Gasteiger charge is 2.07. The average Bonchev–Trinajstić information content (AvgIpc) is 3.33. The first-order valence-corrected chi connectivity index (χ1v) is 20.5. The molecule has 0 heterocycles. The Kier molecular flexibility index (Phi) is 17.3. The van der Waals surface area contributed by atoms with Crippen LogP contribution in [0, 0.1) is 11.3 Å². The van der Waals surface area contributed by atoms with Gasteiger partial charge >= 0.3 is 5.97 Å². The Morgan fingerprint density at radius 2 is 0.871 bits per heavy atom. The quantitative estimate of drug-likeness (QED) is 0.0270. The van der Waals surface area contributed by atoms with Crippen molar-refractivity contribution in [3.63, 3.8) is 0 Å². The van der Waals surface area contributed by atoms with Crippen LogP contribution in [0.4, 0.5) is 28.4 Å². The van der Waals surface area contributed by atoms with Gasteiger partial charge in [-0.25, -0.2) is 4.79 Å². The second kappa shape index (κ2) is 24.4. The average molecular weight is 829 g/mol. The highest BCUT2D eigenvalue weighted by atomic mass is 16.5. The van der Waals surface area contributed by atoms with E-state index in [4.69, 9.17) is 28.9 Å². The van der Waals surface area contributed by atoms with Crippen molar-refractivity contribution in [3.05, 3.63) is 162 Å². The number of hydrogen-bond donors (Lipinski definition) is 0. The number of hydrogen-bond acceptors (Lipinski definition) is 12. The van der Waals surface area contributed by atoms with Gasteiger partial charge in [-0.15, -0.1) is 0 Å². The van der Waals surface area contributed by atoms with E-state index in [9.17, 15) is 4.79 Å². The van der Waals surface area contributed by atoms with Gasteiger partial charge in [0.2, 0.25) is 0 Å². The fraction of sp³-hybridized carbons (Fsp3) is 0.220. The van der Waals surface area contributed by atoms with Crippen LogP contribution in [-0.4, -0.2) is 45.7 Å². The highest BCUT2D eigenvalue weighted by Crippen LogP contribution is 2.25. The summed E-state index contributed by atoms with van der Waals surface area (Å²) in [6.45, 7) is 2.14. The Balaban J connectivity index is 0.781. The molecule has 12 heteroatoms. The monoisotopic (exact) mass is 828 g/mol. The third kappa shape index (κ3) is 15.2. The maximum absolute atomic E-state index is 12.6. The zero-order valence-corrected chi connectivity index (χ0v) is 34.6. The van der Waals surface area contributed by atoms with Gasteiger partial charge in [0.1, 0.15) is 23.0 Å². The number of carbonyl (C=O) groups excluding carboxylic acids is 1. The van der Waals surface area contributed by atoms with Gasteiger partial charge in [0, 0.05) is 6.21 Å². The molecule has 12 nitrogen and oxygen atoms in total. The molecular formula is C50H48N6O6. The van der Waals surface area contributed by atoms with Gasteiger partial charge in [-0.1, -0.05) is 0 Å². The van der Waals surface area contributed by atoms with Crippen molar-refractivity contribution in [2.75, 3.05) is 33.5 Å². The molecule has 0 aliphatic heterocycles. The Labute approximate surface area is 362 Å². The fourth-order valence-corrected chi connectivity index (χ4v) is 5.76. The Hall–Kier alpha value is -7.65. The number of nitrogens with zero attached hydrogens (tertiary/aromatic N) is 6. The molecule has 0 bridgehead atoms. The van der Waals surface area contributed by atoms with Gasteiger partial charge in [-0.3, -0.25) is 4.99 Å². The molecule has 6 aromatic carbocycles. The first kappa shape index (κ1) is 43.9. The zero-order valence-electron chi connectivity index (χ0n) is 34.6. The summed E-state index contributed by atoms with van der Waals surface area (Å²) in [6.07, 6.45) is 7.07. The van der Waals surface area contributed by atoms with Crippen molar-refractivity contribution in [1.82, 2.24) is 0 Å². The van der Waals surface area contributed by atoms with Crippen molar-refractivity contribution in [2.24, 2.45) is 25.4 Å². The molecule has 0 saturated carbocycles. The number of esters is 1. The third-order valence-corrected chi connectivity index (χ3v) is 9.27. The lowest BCUT2D eigenvalue weighted by Gasteiger charge is -2.08. The molecule has 0 radical (unpaired) electrons. The Morgan fingerprint density at radius 1 is 0.484 bits per heavy atom. The molecular weight excluding hydrogens is 781 g/mol. The predicted octanol–water partition coefficient (Wildman–Crippen LogP) is 13.2. The van der Waals surface area contributed by atoms with Crippen molar-refractivity contribution < 1.29 is 28.5 Å². The van der Waals surface area contributed by atoms with Gasteiger partial charge in [0.15, 0.2) is 0 Å². The second-order valence-electron chi connectivity index (χ2n) is 13.9. The fourth-order valence-electron chi connectivity index (χ4n) is 5.76. The van der Waals surface area contributed by atoms with Crippen LogP contribution in [0.25, 0.3) is 0 Å². The summed E-state index contributed by atoms with van der Waals surface area (Å²) < 4.78 is 28.3. The first-order valence-electron chi connectivity index (χ1n) is 20.5. The van der Waals surface area contributed by atoms with Crippen LogP contribution >= 0.6 is 0 Å². The number of carbonyl (C=O) groups is 1. The van der Waals surface area contributed by atoms with Crippen molar-refractivity contribution in [3.8, 4) is 29.1 Å². The molecule has 0 aliphatic carbocycles. The van der Waals surface area contributed by atoms with Crippen LogP contribution in [0.15, 0.2) is 171 Å². The number of aliphatic imine (C=N–C) groups is 1. The summed E-state index contributed by atoms with van der Waals surface area (Å²) >= 11 is 0. The van der Waals surface area contributed by atoms with E-state index in [1.807, 2.05) is 97.1 Å². The van der Waals surface area contributed by atoms with Crippen LogP contribution < -0.4 is 18.9 Å². The summed E-state index contributed by atoms with van der Waals surface area (Å²) in [5, 5.41) is 25.9. The Morgan fingerprint density at radius 3 is 1.32 bits per heavy atom. The topological polar surface area (TPSA) is 149 Å². The van der Waals surface area contributed by atoms with Crippen molar-refractivity contribution in [2.45, 2.75) is 38.5 Å². The van der Waals surface area contributed by atoms with Gasteiger partial charge < -0.3 is 23.7 Å². The molecule has 0 unspecified atom stereocenters. The molecule has 0 aromatic heterocycles. The molecule has 0 aliphatic rings. The minimum Gasteiger partial charge on any atom is -0.497 e. The van der Waals surface area contributed by atoms with E-state index in [2.05, 4.69) is 31.5 Å². The SMILES string of the molecule is COc1ccc(N=Nc2ccc(OCCCCOc3ccc(C=Nc4ccc(C(=O)OCCCCCCOc5ccc(N=Nc6ccc(C#N)cc6)cc5)cc4)cc3)cc2)cc1. The summed E-state index contributed by atoms with van der Waals surface area (Å²) in [7, 11) is 1.63. The Bertz CT molecular complexity index is 2390. The van der Waals surface area contributed by atoms with Crippen LogP contribution in [-0.2, 0) is 4.74 Å². The van der Waals surface area contributed by atoms with Crippen LogP contribution in [0.2, 0.25) is 0 Å². The van der Waals surface area contributed by atoms with E-state index in [1.165, 1.54) is 0 Å². The van der Waals surface area contributed by atoms with Crippen molar-refractivity contribution in [1.29, 1.82) is 5.26 Å². The summed E-state index contributed by atoms with van der Waals surface area (Å²) in [5.41, 5.74) is 5.63. The van der Waals surface area contributed by atoms with Crippen LogP contribution in [0.1, 0.15) is 60.0 Å². The van der Waals surface area contributed by atoms with Gasteiger partial charge in [0.25, 0.3) is 0 Å². The zero-order chi connectivity index (χ0) is 43.0. The van der Waals surface area contributed by atoms with Crippen molar-refractivity contribution >= 4 is 40.6 Å². The van der Waals surface area contributed by atoms with E-state index >= 15 is 0 Å². The molecule has 6 rings (SSSR count). The largest absolute Gasteiger partial charge is 0.497 e. The van der Waals surface area contributed by atoms with E-state index in [0.717, 1.165) is 84.1 Å². The number of azo groups is 2. The van der Waals surface area contributed by atoms with E-state index < -0.39 is 0 Å². The minimum absolute atomic E-state index is 0.344. The standard InChI is InChI=1S/C50H48N6O6/c1-58-46-26-18-43(19-27-46)54-56-45-22-30-49(31-23-45)61-34-7-6-33-60-47-24-10-39(11-25-47)37-52-41-16-12-40(13-17-41)50(57)62-35-5-3-2-4-32-59-48-28-20-44(21-29-48)55-53-42-14-8-38(36-51)9-15-42/h8-31,37H,2-7,32-35H2,1H3. The molecule has 0 spiro atoms. The number of nitriles is 1. The number of methoxy groups -OCH3 is 1. The first-order chi connectivity index (χ1) is 30.5. The summed E-state index contributed by atoms with van der Waals surface area (Å²) in [6, 6.07) is 46.2. The molecule has 6 aromatic rings. The molecule has 0 atom stereocenters. The molecule has 314 valence electrons. The summed E-state index contributed by atoms with van der Waals surface area (Å²) in [4.78, 5) is 17.1. The smallest absolute Gasteiger partial charge is 0.338 e. The number of ether oxygens (including phenoxy) is 5. The molecule has 0 amide bonds. The lowest BCUT2D eigenvalue weighted by Crippen LogP contribution is -2.06. The third-order valence-electron chi connectivity index (χ3n) is 9.27. The second-order valence-corrected chi connectivity index (χ2v) is 13.9. The lowest BCUT2D eigenvalue weighted by atomic mass is 10.2. The van der Waals surface area contributed by atoms with E-state index in [-0.39, 0.29) is 5.97 Å². The van der Waals surface area contributed by atoms with Gasteiger partial charge in [-0.2, -0.15) is 25.7 Å². The van der Waals surface area contributed by atoms with Crippen LogP contribution in [0.5, 0.6) is 23.0 Å². The molecule has 62 heavy (non-hydrogen) atoms. The maximum Gasteiger partial charge on any atom is 0.338 e. The molecule has 0 N–H and O–H groups in total.